The normalized spacial score (nSPS) is 24.1. The molecule has 104 valence electrons. The molecule has 3 heteroatoms. The molecule has 2 aliphatic rings. The highest BCUT2D eigenvalue weighted by atomic mass is 28.3. The van der Waals surface area contributed by atoms with Gasteiger partial charge in [0.2, 0.25) is 8.40 Å². The van der Waals surface area contributed by atoms with Crippen LogP contribution in [0.2, 0.25) is 6.55 Å². The quantitative estimate of drug-likeness (QED) is 0.743. The Balaban J connectivity index is 1.85. The molecule has 2 nitrogen and oxygen atoms in total. The van der Waals surface area contributed by atoms with Gasteiger partial charge in [0.1, 0.15) is 0 Å². The van der Waals surface area contributed by atoms with Gasteiger partial charge in [-0.1, -0.05) is 44.2 Å². The summed E-state index contributed by atoms with van der Waals surface area (Å²) in [5.41, 5.74) is 2.20. The first kappa shape index (κ1) is 14.3. The van der Waals surface area contributed by atoms with Gasteiger partial charge < -0.3 is 9.96 Å². The fraction of sp³-hybridized carbons (Fsp3) is 0.867. The predicted molar refractivity (Wildman–Crippen MR) is 81.8 cm³/mol. The maximum atomic E-state index is 4.10. The fourth-order valence-corrected chi connectivity index (χ4v) is 6.09. The molecule has 0 atom stereocenters. The molecule has 0 aromatic heterocycles. The van der Waals surface area contributed by atoms with Crippen molar-refractivity contribution in [3.05, 3.63) is 12.3 Å². The van der Waals surface area contributed by atoms with Crippen molar-refractivity contribution in [3.8, 4) is 0 Å². The number of hydrogen-bond acceptors (Lipinski definition) is 2. The lowest BCUT2D eigenvalue weighted by atomic mass is 9.96. The molecule has 2 fully saturated rings. The van der Waals surface area contributed by atoms with E-state index in [-0.39, 0.29) is 0 Å². The molecule has 2 N–H and O–H groups in total. The molecule has 0 heterocycles. The minimum Gasteiger partial charge on any atom is -0.320 e. The molecule has 0 radical (unpaired) electrons. The van der Waals surface area contributed by atoms with Gasteiger partial charge in [-0.3, -0.25) is 0 Å². The summed E-state index contributed by atoms with van der Waals surface area (Å²) in [6.07, 6.45) is 13.9. The molecule has 0 saturated heterocycles. The minimum absolute atomic E-state index is 0.740. The number of rotatable bonds is 5. The first-order valence-electron chi connectivity index (χ1n) is 7.91. The molecule has 2 aliphatic carbocycles. The Labute approximate surface area is 114 Å². The SMILES string of the molecule is C=C[Si](C)(NC1CCCCC1)NC1CCCCC1. The minimum atomic E-state index is -1.63. The Morgan fingerprint density at radius 1 is 0.833 bits per heavy atom. The number of hydrogen-bond donors (Lipinski definition) is 2. The number of nitrogens with one attached hydrogen (secondary N) is 2. The van der Waals surface area contributed by atoms with Gasteiger partial charge in [0, 0.05) is 12.1 Å². The third-order valence-electron chi connectivity index (χ3n) is 4.63. The third-order valence-corrected chi connectivity index (χ3v) is 7.46. The van der Waals surface area contributed by atoms with Gasteiger partial charge >= 0.3 is 0 Å². The zero-order valence-corrected chi connectivity index (χ0v) is 13.0. The summed E-state index contributed by atoms with van der Waals surface area (Å²) < 4.78 is 0. The smallest absolute Gasteiger partial charge is 0.223 e. The van der Waals surface area contributed by atoms with Gasteiger partial charge in [0.25, 0.3) is 0 Å². The van der Waals surface area contributed by atoms with E-state index in [1.807, 2.05) is 0 Å². The summed E-state index contributed by atoms with van der Waals surface area (Å²) in [4.78, 5) is 7.88. The van der Waals surface area contributed by atoms with Crippen molar-refractivity contribution in [2.75, 3.05) is 0 Å². The monoisotopic (exact) mass is 266 g/mol. The summed E-state index contributed by atoms with van der Waals surface area (Å²) >= 11 is 0. The van der Waals surface area contributed by atoms with Gasteiger partial charge in [0.05, 0.1) is 0 Å². The average molecular weight is 267 g/mol. The lowest BCUT2D eigenvalue weighted by Crippen LogP contribution is -2.65. The van der Waals surface area contributed by atoms with Crippen molar-refractivity contribution >= 4 is 8.40 Å². The van der Waals surface area contributed by atoms with Crippen LogP contribution in [0.4, 0.5) is 0 Å². The zero-order chi connectivity index (χ0) is 12.8. The Kier molecular flexibility index (Phi) is 5.46. The highest BCUT2D eigenvalue weighted by Crippen LogP contribution is 2.21. The van der Waals surface area contributed by atoms with Crippen molar-refractivity contribution in [1.29, 1.82) is 0 Å². The van der Waals surface area contributed by atoms with E-state index >= 15 is 0 Å². The first-order chi connectivity index (χ1) is 8.72. The van der Waals surface area contributed by atoms with Crippen LogP contribution in [0.1, 0.15) is 64.2 Å². The molecule has 0 aromatic rings. The van der Waals surface area contributed by atoms with E-state index in [1.165, 1.54) is 64.2 Å². The first-order valence-corrected chi connectivity index (χ1v) is 10.5. The predicted octanol–water partition coefficient (Wildman–Crippen LogP) is 3.63. The van der Waals surface area contributed by atoms with Crippen LogP contribution >= 0.6 is 0 Å². The van der Waals surface area contributed by atoms with Crippen molar-refractivity contribution in [3.63, 3.8) is 0 Å². The van der Waals surface area contributed by atoms with E-state index in [0.29, 0.717) is 0 Å². The molecule has 2 saturated carbocycles. The lowest BCUT2D eigenvalue weighted by Gasteiger charge is -2.37. The molecule has 2 rings (SSSR count). The van der Waals surface area contributed by atoms with E-state index in [4.69, 9.17) is 0 Å². The highest BCUT2D eigenvalue weighted by Gasteiger charge is 2.30. The van der Waals surface area contributed by atoms with Gasteiger partial charge in [0.15, 0.2) is 0 Å². The van der Waals surface area contributed by atoms with Crippen LogP contribution in [0, 0.1) is 0 Å². The van der Waals surface area contributed by atoms with E-state index in [2.05, 4.69) is 28.8 Å². The standard InChI is InChI=1S/C15H30N2Si/c1-3-18(2,16-14-10-6-4-7-11-14)17-15-12-8-5-9-13-15/h3,14-17H,1,4-13H2,2H3. The average Bonchev–Trinajstić information content (AvgIpc) is 2.41. The van der Waals surface area contributed by atoms with Crippen LogP contribution in [-0.4, -0.2) is 20.5 Å². The summed E-state index contributed by atoms with van der Waals surface area (Å²) in [5.74, 6) is 0. The van der Waals surface area contributed by atoms with Crippen molar-refractivity contribution in [2.45, 2.75) is 82.8 Å². The van der Waals surface area contributed by atoms with Crippen molar-refractivity contribution < 1.29 is 0 Å². The Bertz CT molecular complexity index is 235. The molecular formula is C15H30N2Si. The second-order valence-electron chi connectivity index (χ2n) is 6.37. The maximum absolute atomic E-state index is 4.10. The lowest BCUT2D eigenvalue weighted by molar-refractivity contribution is 0.393. The van der Waals surface area contributed by atoms with E-state index < -0.39 is 8.40 Å². The molecule has 0 aliphatic heterocycles. The molecule has 0 spiro atoms. The van der Waals surface area contributed by atoms with Gasteiger partial charge in [-0.05, 0) is 32.2 Å². The largest absolute Gasteiger partial charge is 0.320 e. The van der Waals surface area contributed by atoms with Crippen molar-refractivity contribution in [2.24, 2.45) is 0 Å². The van der Waals surface area contributed by atoms with Gasteiger partial charge in [-0.15, -0.1) is 6.58 Å². The van der Waals surface area contributed by atoms with E-state index in [1.54, 1.807) is 0 Å². The highest BCUT2D eigenvalue weighted by molar-refractivity contribution is 6.78. The topological polar surface area (TPSA) is 24.1 Å². The van der Waals surface area contributed by atoms with Crippen LogP contribution in [0.15, 0.2) is 12.3 Å². The van der Waals surface area contributed by atoms with Crippen LogP contribution in [0.3, 0.4) is 0 Å². The molecule has 0 bridgehead atoms. The van der Waals surface area contributed by atoms with Crippen LogP contribution in [0.25, 0.3) is 0 Å². The summed E-state index contributed by atoms with van der Waals surface area (Å²) in [6.45, 7) is 6.49. The van der Waals surface area contributed by atoms with Crippen LogP contribution in [-0.2, 0) is 0 Å². The Morgan fingerprint density at radius 2 is 1.22 bits per heavy atom. The van der Waals surface area contributed by atoms with E-state index in [0.717, 1.165) is 12.1 Å². The van der Waals surface area contributed by atoms with Crippen LogP contribution < -0.4 is 9.96 Å². The molecule has 18 heavy (non-hydrogen) atoms. The second-order valence-corrected chi connectivity index (χ2v) is 9.76. The summed E-state index contributed by atoms with van der Waals surface area (Å²) in [7, 11) is -1.63. The van der Waals surface area contributed by atoms with Crippen molar-refractivity contribution in [1.82, 2.24) is 9.96 Å². The molecular weight excluding hydrogens is 236 g/mol. The molecule has 0 amide bonds. The summed E-state index contributed by atoms with van der Waals surface area (Å²) in [6, 6.07) is 1.48. The Morgan fingerprint density at radius 3 is 1.56 bits per heavy atom. The van der Waals surface area contributed by atoms with Gasteiger partial charge in [-0.2, -0.15) is 0 Å². The maximum Gasteiger partial charge on any atom is 0.223 e. The Hall–Kier alpha value is -0.123. The molecule has 0 aromatic carbocycles. The third kappa shape index (κ3) is 4.21. The van der Waals surface area contributed by atoms with Crippen LogP contribution in [0.5, 0.6) is 0 Å². The second kappa shape index (κ2) is 6.87. The summed E-state index contributed by atoms with van der Waals surface area (Å²) in [5, 5.41) is 0. The van der Waals surface area contributed by atoms with Gasteiger partial charge in [-0.25, -0.2) is 0 Å². The molecule has 0 unspecified atom stereocenters. The zero-order valence-electron chi connectivity index (χ0n) is 12.0. The fourth-order valence-electron chi connectivity index (χ4n) is 3.50. The van der Waals surface area contributed by atoms with E-state index in [9.17, 15) is 0 Å².